The Kier molecular flexibility index (Phi) is 7.18. The molecule has 31 heavy (non-hydrogen) atoms. The van der Waals surface area contributed by atoms with E-state index in [9.17, 15) is 4.79 Å². The molecule has 0 unspecified atom stereocenters. The van der Waals surface area contributed by atoms with Crippen LogP contribution < -0.4 is 15.5 Å². The topological polar surface area (TPSA) is 75.6 Å². The Labute approximate surface area is 191 Å². The van der Waals surface area contributed by atoms with Gasteiger partial charge in [0.2, 0.25) is 5.13 Å². The summed E-state index contributed by atoms with van der Waals surface area (Å²) in [6, 6.07) is 5.64. The highest BCUT2D eigenvalue weighted by Crippen LogP contribution is 2.35. The number of rotatable bonds is 7. The molecule has 0 atom stereocenters. The molecule has 0 bridgehead atoms. The number of carbonyl (C=O) groups is 1. The first-order valence-corrected chi connectivity index (χ1v) is 11.3. The van der Waals surface area contributed by atoms with E-state index in [1.807, 2.05) is 52.8 Å². The van der Waals surface area contributed by atoms with E-state index in [-0.39, 0.29) is 12.5 Å². The number of carbonyl (C=O) groups excluding carboxylic acids is 1. The van der Waals surface area contributed by atoms with Crippen molar-refractivity contribution in [2.45, 2.75) is 48.0 Å². The average molecular weight is 459 g/mol. The summed E-state index contributed by atoms with van der Waals surface area (Å²) in [4.78, 5) is 17.2. The number of amides is 1. The summed E-state index contributed by atoms with van der Waals surface area (Å²) in [7, 11) is 0. The van der Waals surface area contributed by atoms with Gasteiger partial charge in [0, 0.05) is 16.4 Å². The van der Waals surface area contributed by atoms with E-state index in [2.05, 4.69) is 27.8 Å². The molecule has 8 heteroatoms. The molecule has 0 fully saturated rings. The minimum Gasteiger partial charge on any atom is -0.484 e. The van der Waals surface area contributed by atoms with Gasteiger partial charge < -0.3 is 10.1 Å². The molecule has 6 nitrogen and oxygen atoms in total. The van der Waals surface area contributed by atoms with Crippen LogP contribution in [0.4, 0.5) is 10.8 Å². The molecule has 0 spiro atoms. The third-order valence-electron chi connectivity index (χ3n) is 5.01. The maximum Gasteiger partial charge on any atom is 0.262 e. The summed E-state index contributed by atoms with van der Waals surface area (Å²) >= 11 is 7.71. The molecule has 0 radical (unpaired) electrons. The molecule has 3 rings (SSSR count). The molecule has 1 heterocycles. The predicted octanol–water partition coefficient (Wildman–Crippen LogP) is 6.40. The zero-order valence-electron chi connectivity index (χ0n) is 18.6. The highest BCUT2D eigenvalue weighted by molar-refractivity contribution is 7.22. The molecule has 0 aliphatic carbocycles. The van der Waals surface area contributed by atoms with Crippen LogP contribution >= 0.6 is 22.9 Å². The van der Waals surface area contributed by atoms with Gasteiger partial charge in [-0.3, -0.25) is 10.2 Å². The van der Waals surface area contributed by atoms with E-state index in [1.165, 1.54) is 11.3 Å². The summed E-state index contributed by atoms with van der Waals surface area (Å²) in [5.74, 6) is 0.404. The highest BCUT2D eigenvalue weighted by Gasteiger charge is 2.15. The largest absolute Gasteiger partial charge is 0.484 e. The van der Waals surface area contributed by atoms with E-state index in [1.54, 1.807) is 0 Å². The number of hydrazone groups is 1. The summed E-state index contributed by atoms with van der Waals surface area (Å²) in [5.41, 5.74) is 9.45. The van der Waals surface area contributed by atoms with Crippen LogP contribution in [0, 0.1) is 27.7 Å². The average Bonchev–Trinajstić information content (AvgIpc) is 3.14. The van der Waals surface area contributed by atoms with Crippen LogP contribution in [0.15, 0.2) is 23.3 Å². The van der Waals surface area contributed by atoms with Crippen LogP contribution in [-0.2, 0) is 4.79 Å². The van der Waals surface area contributed by atoms with Crippen molar-refractivity contribution < 1.29 is 9.53 Å². The first-order valence-electron chi connectivity index (χ1n) is 10.1. The van der Waals surface area contributed by atoms with E-state index >= 15 is 0 Å². The van der Waals surface area contributed by atoms with Gasteiger partial charge in [0.1, 0.15) is 5.75 Å². The van der Waals surface area contributed by atoms with Gasteiger partial charge >= 0.3 is 0 Å². The first-order chi connectivity index (χ1) is 14.7. The molecular formula is C23H27ClN4O2S. The minimum atomic E-state index is -0.221. The van der Waals surface area contributed by atoms with Crippen molar-refractivity contribution in [3.05, 3.63) is 45.5 Å². The first kappa shape index (κ1) is 23.0. The third-order valence-corrected chi connectivity index (χ3v) is 6.71. The second-order valence-corrected chi connectivity index (χ2v) is 8.96. The van der Waals surface area contributed by atoms with Crippen molar-refractivity contribution in [3.8, 4) is 5.75 Å². The summed E-state index contributed by atoms with van der Waals surface area (Å²) in [6.07, 6.45) is 0.878. The van der Waals surface area contributed by atoms with Crippen molar-refractivity contribution in [2.75, 3.05) is 17.3 Å². The normalized spacial score (nSPS) is 11.6. The van der Waals surface area contributed by atoms with Gasteiger partial charge in [-0.2, -0.15) is 5.10 Å². The van der Waals surface area contributed by atoms with Gasteiger partial charge in [-0.05, 0) is 81.5 Å². The summed E-state index contributed by atoms with van der Waals surface area (Å²) in [5, 5.41) is 8.75. The lowest BCUT2D eigenvalue weighted by Gasteiger charge is -2.13. The predicted molar refractivity (Wildman–Crippen MR) is 131 cm³/mol. The second-order valence-electron chi connectivity index (χ2n) is 7.58. The molecule has 0 aliphatic rings. The van der Waals surface area contributed by atoms with Gasteiger partial charge in [0.15, 0.2) is 6.61 Å². The molecule has 2 N–H and O–H groups in total. The lowest BCUT2D eigenvalue weighted by atomic mass is 10.1. The Morgan fingerprint density at radius 2 is 1.84 bits per heavy atom. The number of aryl methyl sites for hydroxylation is 4. The van der Waals surface area contributed by atoms with Gasteiger partial charge in [-0.1, -0.05) is 29.9 Å². The Morgan fingerprint density at radius 3 is 2.48 bits per heavy atom. The molecule has 3 aromatic rings. The molecular weight excluding hydrogens is 432 g/mol. The lowest BCUT2D eigenvalue weighted by molar-refractivity contribution is -0.118. The van der Waals surface area contributed by atoms with Crippen molar-refractivity contribution in [1.29, 1.82) is 0 Å². The Morgan fingerprint density at radius 1 is 1.16 bits per heavy atom. The van der Waals surface area contributed by atoms with E-state index in [0.717, 1.165) is 55.4 Å². The number of nitrogens with zero attached hydrogens (tertiary/aromatic N) is 2. The second kappa shape index (κ2) is 9.66. The van der Waals surface area contributed by atoms with Crippen molar-refractivity contribution >= 4 is 55.6 Å². The number of halogens is 1. The van der Waals surface area contributed by atoms with Crippen molar-refractivity contribution in [3.63, 3.8) is 0 Å². The molecule has 1 amide bonds. The fraction of sp³-hybridized carbons (Fsp3) is 0.348. The molecule has 164 valence electrons. The number of fused-ring (bicyclic) bond motifs is 1. The van der Waals surface area contributed by atoms with Gasteiger partial charge in [-0.15, -0.1) is 0 Å². The maximum absolute atomic E-state index is 12.6. The van der Waals surface area contributed by atoms with Gasteiger partial charge in [-0.25, -0.2) is 4.98 Å². The van der Waals surface area contributed by atoms with Crippen molar-refractivity contribution in [2.24, 2.45) is 5.10 Å². The lowest BCUT2D eigenvalue weighted by Crippen LogP contribution is -2.21. The van der Waals surface area contributed by atoms with Gasteiger partial charge in [0.25, 0.3) is 5.91 Å². The van der Waals surface area contributed by atoms with Crippen LogP contribution in [0.2, 0.25) is 5.02 Å². The number of hydrogen-bond donors (Lipinski definition) is 2. The Hall–Kier alpha value is -2.64. The van der Waals surface area contributed by atoms with Crippen LogP contribution in [0.1, 0.15) is 42.5 Å². The number of nitrogens with one attached hydrogen (secondary N) is 2. The maximum atomic E-state index is 12.6. The number of hydrogen-bond acceptors (Lipinski definition) is 6. The van der Waals surface area contributed by atoms with Gasteiger partial charge in [0.05, 0.1) is 10.2 Å². The molecule has 0 aliphatic heterocycles. The van der Waals surface area contributed by atoms with E-state index in [4.69, 9.17) is 16.3 Å². The monoisotopic (exact) mass is 458 g/mol. The number of thiazole rings is 1. The number of benzene rings is 2. The van der Waals surface area contributed by atoms with Crippen LogP contribution in [0.5, 0.6) is 5.75 Å². The zero-order chi connectivity index (χ0) is 22.7. The molecule has 2 aromatic carbocycles. The molecule has 1 aromatic heterocycles. The zero-order valence-corrected chi connectivity index (χ0v) is 20.2. The van der Waals surface area contributed by atoms with Crippen LogP contribution in [0.3, 0.4) is 0 Å². The molecule has 0 saturated carbocycles. The summed E-state index contributed by atoms with van der Waals surface area (Å²) < 4.78 is 6.70. The smallest absolute Gasteiger partial charge is 0.262 e. The summed E-state index contributed by atoms with van der Waals surface area (Å²) in [6.45, 7) is 11.7. The third kappa shape index (κ3) is 5.35. The van der Waals surface area contributed by atoms with E-state index < -0.39 is 0 Å². The SMILES string of the molecule is CC/C(C)=N/Nc1nc2cc(C)c(NC(=O)COc3cc(C)c(Cl)c(C)c3)c(C)c2s1. The van der Waals surface area contributed by atoms with Crippen LogP contribution in [0.25, 0.3) is 10.2 Å². The Bertz CT molecular complexity index is 1150. The highest BCUT2D eigenvalue weighted by atomic mass is 35.5. The number of ether oxygens (including phenoxy) is 1. The fourth-order valence-electron chi connectivity index (χ4n) is 3.16. The van der Waals surface area contributed by atoms with Crippen molar-refractivity contribution in [1.82, 2.24) is 4.98 Å². The standard InChI is InChI=1S/C23H27ClN4O2S/c1-7-15(5)27-28-23-25-18-10-14(4)21(16(6)22(18)31-23)26-19(29)11-30-17-8-12(2)20(24)13(3)9-17/h8-10H,7,11H2,1-6H3,(H,25,28)(H,26,29)/b27-15+. The quantitative estimate of drug-likeness (QED) is 0.317. The minimum absolute atomic E-state index is 0.0854. The fourth-order valence-corrected chi connectivity index (χ4v) is 4.16. The molecule has 0 saturated heterocycles. The number of aromatic nitrogens is 1. The number of anilines is 2. The van der Waals surface area contributed by atoms with E-state index in [0.29, 0.717) is 10.8 Å². The Balaban J connectivity index is 1.75. The van der Waals surface area contributed by atoms with Crippen LogP contribution in [-0.4, -0.2) is 23.2 Å².